The first-order valence-electron chi connectivity index (χ1n) is 8.88. The molecular weight excluding hydrogens is 368 g/mol. The van der Waals surface area contributed by atoms with Gasteiger partial charge in [-0.2, -0.15) is 0 Å². The molecule has 144 valence electrons. The average Bonchev–Trinajstić information content (AvgIpc) is 2.94. The summed E-state index contributed by atoms with van der Waals surface area (Å²) in [6.07, 6.45) is 0. The van der Waals surface area contributed by atoms with Gasteiger partial charge < -0.3 is 9.80 Å². The maximum absolute atomic E-state index is 13.9. The molecule has 1 fully saturated rings. The quantitative estimate of drug-likeness (QED) is 0.758. The number of piperazine rings is 1. The first-order chi connectivity index (χ1) is 13.5. The third kappa shape index (κ3) is 3.11. The lowest BCUT2D eigenvalue weighted by Gasteiger charge is -2.36. The molecule has 0 N–H and O–H groups in total. The third-order valence-corrected chi connectivity index (χ3v) is 5.07. The molecular formula is C20H17F2N3O3. The van der Waals surface area contributed by atoms with Gasteiger partial charge in [-0.1, -0.05) is 6.07 Å². The van der Waals surface area contributed by atoms with E-state index in [-0.39, 0.29) is 22.9 Å². The van der Waals surface area contributed by atoms with Crippen molar-refractivity contribution >= 4 is 23.4 Å². The molecule has 2 heterocycles. The van der Waals surface area contributed by atoms with E-state index in [1.165, 1.54) is 24.3 Å². The van der Waals surface area contributed by atoms with Crippen LogP contribution in [0.4, 0.5) is 14.5 Å². The molecule has 28 heavy (non-hydrogen) atoms. The van der Waals surface area contributed by atoms with Gasteiger partial charge in [-0.3, -0.25) is 19.3 Å². The second-order valence-corrected chi connectivity index (χ2v) is 6.70. The molecule has 8 heteroatoms. The van der Waals surface area contributed by atoms with Crippen LogP contribution in [0.1, 0.15) is 20.7 Å². The maximum atomic E-state index is 13.9. The number of carbonyl (C=O) groups is 3. The highest BCUT2D eigenvalue weighted by atomic mass is 19.1. The molecule has 2 aliphatic rings. The second-order valence-electron chi connectivity index (χ2n) is 6.70. The summed E-state index contributed by atoms with van der Waals surface area (Å²) in [5, 5.41) is 0. The smallest absolute Gasteiger partial charge is 0.265 e. The topological polar surface area (TPSA) is 60.9 Å². The molecule has 6 nitrogen and oxygen atoms in total. The van der Waals surface area contributed by atoms with Crippen LogP contribution in [-0.4, -0.2) is 60.2 Å². The second kappa shape index (κ2) is 7.03. The lowest BCUT2D eigenvalue weighted by atomic mass is 10.1. The van der Waals surface area contributed by atoms with Gasteiger partial charge in [0.2, 0.25) is 5.91 Å². The Hall–Kier alpha value is -3.29. The molecule has 4 rings (SSSR count). The Bertz CT molecular complexity index is 954. The molecule has 0 spiro atoms. The van der Waals surface area contributed by atoms with Crippen LogP contribution in [0.2, 0.25) is 0 Å². The number of fused-ring (bicyclic) bond motifs is 1. The Morgan fingerprint density at radius 2 is 1.57 bits per heavy atom. The summed E-state index contributed by atoms with van der Waals surface area (Å²) in [5.41, 5.74) is 0.574. The van der Waals surface area contributed by atoms with Crippen LogP contribution >= 0.6 is 0 Å². The summed E-state index contributed by atoms with van der Waals surface area (Å²) >= 11 is 0. The third-order valence-electron chi connectivity index (χ3n) is 5.07. The van der Waals surface area contributed by atoms with Crippen LogP contribution in [0.5, 0.6) is 0 Å². The molecule has 2 aliphatic heterocycles. The number of halogens is 2. The van der Waals surface area contributed by atoms with Crippen molar-refractivity contribution in [1.82, 2.24) is 9.80 Å². The minimum absolute atomic E-state index is 0.0149. The summed E-state index contributed by atoms with van der Waals surface area (Å²) < 4.78 is 26.9. The van der Waals surface area contributed by atoms with E-state index < -0.39 is 24.2 Å². The van der Waals surface area contributed by atoms with E-state index in [0.717, 1.165) is 16.7 Å². The van der Waals surface area contributed by atoms with Gasteiger partial charge in [0, 0.05) is 31.9 Å². The zero-order valence-corrected chi connectivity index (χ0v) is 14.9. The van der Waals surface area contributed by atoms with Crippen LogP contribution in [0, 0.1) is 11.6 Å². The molecule has 0 atom stereocenters. The van der Waals surface area contributed by atoms with Crippen LogP contribution in [0.25, 0.3) is 0 Å². The lowest BCUT2D eigenvalue weighted by Crippen LogP contribution is -2.51. The molecule has 3 amide bonds. The maximum Gasteiger partial charge on any atom is 0.265 e. The molecule has 2 aromatic rings. The average molecular weight is 385 g/mol. The number of amides is 3. The largest absolute Gasteiger partial charge is 0.368 e. The standard InChI is InChI=1S/C20H17F2N3O3/c21-13-4-6-14(7-5-13)23-8-10-24(11-9-23)17(26)12-25-19(27)15-2-1-3-16(22)18(15)20(25)28/h1-7H,8-12H2. The first-order valence-corrected chi connectivity index (χ1v) is 8.88. The molecule has 0 radical (unpaired) electrons. The number of benzene rings is 2. The summed E-state index contributed by atoms with van der Waals surface area (Å²) in [4.78, 5) is 41.7. The Morgan fingerprint density at radius 3 is 2.21 bits per heavy atom. The predicted octanol–water partition coefficient (Wildman–Crippen LogP) is 1.91. The zero-order valence-electron chi connectivity index (χ0n) is 14.9. The van der Waals surface area contributed by atoms with Crippen LogP contribution in [0.3, 0.4) is 0 Å². The molecule has 0 bridgehead atoms. The number of nitrogens with zero attached hydrogens (tertiary/aromatic N) is 3. The van der Waals surface area contributed by atoms with Gasteiger partial charge in [0.25, 0.3) is 11.8 Å². The van der Waals surface area contributed by atoms with Crippen molar-refractivity contribution in [3.05, 3.63) is 65.2 Å². The summed E-state index contributed by atoms with van der Waals surface area (Å²) in [7, 11) is 0. The number of carbonyl (C=O) groups excluding carboxylic acids is 3. The number of anilines is 1. The van der Waals surface area contributed by atoms with E-state index in [2.05, 4.69) is 0 Å². The van der Waals surface area contributed by atoms with Gasteiger partial charge in [0.05, 0.1) is 11.1 Å². The van der Waals surface area contributed by atoms with E-state index in [1.807, 2.05) is 4.90 Å². The van der Waals surface area contributed by atoms with Crippen LogP contribution in [0.15, 0.2) is 42.5 Å². The Kier molecular flexibility index (Phi) is 4.54. The highest BCUT2D eigenvalue weighted by Gasteiger charge is 2.39. The Labute approximate surface area is 159 Å². The van der Waals surface area contributed by atoms with Crippen molar-refractivity contribution in [3.63, 3.8) is 0 Å². The summed E-state index contributed by atoms with van der Waals surface area (Å²) in [6, 6.07) is 9.98. The van der Waals surface area contributed by atoms with E-state index >= 15 is 0 Å². The predicted molar refractivity (Wildman–Crippen MR) is 97.0 cm³/mol. The van der Waals surface area contributed by atoms with Crippen LogP contribution < -0.4 is 4.90 Å². The van der Waals surface area contributed by atoms with Gasteiger partial charge in [-0.05, 0) is 36.4 Å². The number of rotatable bonds is 3. The number of imide groups is 1. The lowest BCUT2D eigenvalue weighted by molar-refractivity contribution is -0.131. The Morgan fingerprint density at radius 1 is 0.893 bits per heavy atom. The number of hydrogen-bond donors (Lipinski definition) is 0. The van der Waals surface area contributed by atoms with Crippen molar-refractivity contribution in [1.29, 1.82) is 0 Å². The normalized spacial score (nSPS) is 16.6. The molecule has 2 aromatic carbocycles. The van der Waals surface area contributed by atoms with Gasteiger partial charge in [0.1, 0.15) is 18.2 Å². The fourth-order valence-electron chi connectivity index (χ4n) is 3.54. The molecule has 0 saturated carbocycles. The minimum atomic E-state index is -0.781. The van der Waals surface area contributed by atoms with E-state index in [4.69, 9.17) is 0 Å². The van der Waals surface area contributed by atoms with Gasteiger partial charge in [-0.25, -0.2) is 8.78 Å². The van der Waals surface area contributed by atoms with Crippen molar-refractivity contribution < 1.29 is 23.2 Å². The van der Waals surface area contributed by atoms with Gasteiger partial charge in [-0.15, -0.1) is 0 Å². The minimum Gasteiger partial charge on any atom is -0.368 e. The fourth-order valence-corrected chi connectivity index (χ4v) is 3.54. The van der Waals surface area contributed by atoms with E-state index in [0.29, 0.717) is 26.2 Å². The Balaban J connectivity index is 1.39. The van der Waals surface area contributed by atoms with Crippen molar-refractivity contribution in [2.24, 2.45) is 0 Å². The summed E-state index contributed by atoms with van der Waals surface area (Å²) in [5.74, 6) is -2.88. The highest BCUT2D eigenvalue weighted by Crippen LogP contribution is 2.25. The van der Waals surface area contributed by atoms with Crippen molar-refractivity contribution in [3.8, 4) is 0 Å². The zero-order chi connectivity index (χ0) is 19.8. The molecule has 1 saturated heterocycles. The molecule has 0 aliphatic carbocycles. The molecule has 0 unspecified atom stereocenters. The monoisotopic (exact) mass is 385 g/mol. The van der Waals surface area contributed by atoms with Crippen molar-refractivity contribution in [2.45, 2.75) is 0 Å². The van der Waals surface area contributed by atoms with E-state index in [9.17, 15) is 23.2 Å². The SMILES string of the molecule is O=C(CN1C(=O)c2cccc(F)c2C1=O)N1CCN(c2ccc(F)cc2)CC1. The van der Waals surface area contributed by atoms with Crippen molar-refractivity contribution in [2.75, 3.05) is 37.6 Å². The van der Waals surface area contributed by atoms with Gasteiger partial charge in [0.15, 0.2) is 0 Å². The first kappa shape index (κ1) is 18.1. The van der Waals surface area contributed by atoms with Gasteiger partial charge >= 0.3 is 0 Å². The van der Waals surface area contributed by atoms with E-state index in [1.54, 1.807) is 17.0 Å². The van der Waals surface area contributed by atoms with Crippen LogP contribution in [-0.2, 0) is 4.79 Å². The summed E-state index contributed by atoms with van der Waals surface area (Å²) in [6.45, 7) is 1.51. The number of hydrogen-bond acceptors (Lipinski definition) is 4. The highest BCUT2D eigenvalue weighted by molar-refractivity contribution is 6.22. The fraction of sp³-hybridized carbons (Fsp3) is 0.250. The molecule has 0 aromatic heterocycles.